The summed E-state index contributed by atoms with van der Waals surface area (Å²) in [6, 6.07) is 3.87. The van der Waals surface area contributed by atoms with Gasteiger partial charge in [0.15, 0.2) is 5.57 Å². The van der Waals surface area contributed by atoms with Gasteiger partial charge in [-0.15, -0.1) is 0 Å². The van der Waals surface area contributed by atoms with E-state index < -0.39 is 34.9 Å². The Bertz CT molecular complexity index is 957. The third-order valence-electron chi connectivity index (χ3n) is 3.42. The van der Waals surface area contributed by atoms with E-state index in [-0.39, 0.29) is 29.9 Å². The lowest BCUT2D eigenvalue weighted by Crippen LogP contribution is -2.19. The van der Waals surface area contributed by atoms with E-state index in [2.05, 4.69) is 5.32 Å². The van der Waals surface area contributed by atoms with Gasteiger partial charge in [0.25, 0.3) is 0 Å². The van der Waals surface area contributed by atoms with Crippen LogP contribution in [0.3, 0.4) is 0 Å². The Kier molecular flexibility index (Phi) is 6.45. The van der Waals surface area contributed by atoms with E-state index in [0.29, 0.717) is 6.07 Å². The summed E-state index contributed by atoms with van der Waals surface area (Å²) in [7, 11) is 0. The molecule has 0 radical (unpaired) electrons. The summed E-state index contributed by atoms with van der Waals surface area (Å²) in [6.45, 7) is 3.16. The van der Waals surface area contributed by atoms with Crippen molar-refractivity contribution < 1.29 is 36.7 Å². The smallest absolute Gasteiger partial charge is 0.417 e. The van der Waals surface area contributed by atoms with Crippen molar-refractivity contribution in [2.24, 2.45) is 0 Å². The second-order valence-corrected chi connectivity index (χ2v) is 5.33. The van der Waals surface area contributed by atoms with Crippen LogP contribution >= 0.6 is 0 Å². The van der Waals surface area contributed by atoms with Gasteiger partial charge in [-0.3, -0.25) is 0 Å². The number of alkyl halides is 3. The van der Waals surface area contributed by atoms with Crippen LogP contribution in [-0.2, 0) is 25.2 Å². The highest BCUT2D eigenvalue weighted by atomic mass is 19.4. The summed E-state index contributed by atoms with van der Waals surface area (Å²) in [4.78, 5) is 35.2. The topological polar surface area (TPSA) is 94.8 Å². The maximum Gasteiger partial charge on any atom is 0.417 e. The van der Waals surface area contributed by atoms with Gasteiger partial charge in [0.1, 0.15) is 5.58 Å². The van der Waals surface area contributed by atoms with E-state index in [1.807, 2.05) is 0 Å². The first-order chi connectivity index (χ1) is 13.2. The first-order valence-corrected chi connectivity index (χ1v) is 8.13. The van der Waals surface area contributed by atoms with E-state index in [1.54, 1.807) is 13.8 Å². The van der Waals surface area contributed by atoms with Gasteiger partial charge in [0.05, 0.1) is 18.8 Å². The quantitative estimate of drug-likeness (QED) is 0.262. The molecule has 1 aromatic heterocycles. The van der Waals surface area contributed by atoms with Gasteiger partial charge in [-0.2, -0.15) is 13.2 Å². The molecule has 1 aromatic carbocycles. The highest BCUT2D eigenvalue weighted by molar-refractivity contribution is 6.14. The van der Waals surface area contributed by atoms with Crippen molar-refractivity contribution in [3.8, 4) is 0 Å². The molecule has 0 unspecified atom stereocenters. The molecule has 10 heteroatoms. The number of anilines is 1. The van der Waals surface area contributed by atoms with Crippen LogP contribution in [0, 0.1) is 0 Å². The maximum atomic E-state index is 13.1. The van der Waals surface area contributed by atoms with Crippen molar-refractivity contribution in [2.45, 2.75) is 20.0 Å². The lowest BCUT2D eigenvalue weighted by atomic mass is 10.1. The van der Waals surface area contributed by atoms with Crippen LogP contribution in [0.4, 0.5) is 18.9 Å². The minimum Gasteiger partial charge on any atom is -0.462 e. The van der Waals surface area contributed by atoms with Crippen molar-refractivity contribution in [2.75, 3.05) is 18.5 Å². The number of carbonyl (C=O) groups is 2. The first kappa shape index (κ1) is 21.0. The van der Waals surface area contributed by atoms with Gasteiger partial charge in [-0.25, -0.2) is 14.4 Å². The predicted molar refractivity (Wildman–Crippen MR) is 92.5 cm³/mol. The largest absolute Gasteiger partial charge is 0.462 e. The third kappa shape index (κ3) is 4.90. The molecule has 150 valence electrons. The molecule has 28 heavy (non-hydrogen) atoms. The van der Waals surface area contributed by atoms with E-state index in [4.69, 9.17) is 13.9 Å². The normalized spacial score (nSPS) is 11.0. The molecule has 0 aliphatic heterocycles. The van der Waals surface area contributed by atoms with E-state index >= 15 is 0 Å². The Morgan fingerprint density at radius 2 is 1.71 bits per heavy atom. The van der Waals surface area contributed by atoms with Gasteiger partial charge in [-0.05, 0) is 26.0 Å². The van der Waals surface area contributed by atoms with Gasteiger partial charge < -0.3 is 19.2 Å². The first-order valence-electron chi connectivity index (χ1n) is 8.13. The van der Waals surface area contributed by atoms with Gasteiger partial charge in [-0.1, -0.05) is 0 Å². The van der Waals surface area contributed by atoms with Gasteiger partial charge >= 0.3 is 23.7 Å². The molecular formula is C18H16F3NO6. The van der Waals surface area contributed by atoms with Crippen LogP contribution in [0.15, 0.2) is 45.3 Å². The number of nitrogens with one attached hydrogen (secondary N) is 1. The molecule has 1 N–H and O–H groups in total. The molecule has 0 fully saturated rings. The van der Waals surface area contributed by atoms with E-state index in [9.17, 15) is 27.6 Å². The molecule has 0 saturated heterocycles. The third-order valence-corrected chi connectivity index (χ3v) is 3.42. The summed E-state index contributed by atoms with van der Waals surface area (Å²) in [5, 5.41) is 2.28. The van der Waals surface area contributed by atoms with Crippen LogP contribution in [0.5, 0.6) is 0 Å². The Hall–Kier alpha value is -3.30. The van der Waals surface area contributed by atoms with Crippen molar-refractivity contribution >= 4 is 28.6 Å². The predicted octanol–water partition coefficient (Wildman–Crippen LogP) is 3.23. The monoisotopic (exact) mass is 399 g/mol. The molecule has 0 saturated carbocycles. The number of benzene rings is 1. The molecule has 0 spiro atoms. The van der Waals surface area contributed by atoms with Crippen molar-refractivity contribution in [1.29, 1.82) is 0 Å². The Balaban J connectivity index is 2.42. The fourth-order valence-corrected chi connectivity index (χ4v) is 2.26. The van der Waals surface area contributed by atoms with Crippen LogP contribution in [0.1, 0.15) is 19.4 Å². The lowest BCUT2D eigenvalue weighted by Gasteiger charge is -2.10. The van der Waals surface area contributed by atoms with E-state index in [1.165, 1.54) is 6.07 Å². The molecule has 0 aliphatic carbocycles. The molecule has 1 heterocycles. The number of halogens is 3. The van der Waals surface area contributed by atoms with Crippen LogP contribution < -0.4 is 10.9 Å². The number of hydrogen-bond donors (Lipinski definition) is 1. The summed E-state index contributed by atoms with van der Waals surface area (Å²) >= 11 is 0. The highest BCUT2D eigenvalue weighted by Crippen LogP contribution is 2.34. The van der Waals surface area contributed by atoms with E-state index in [0.717, 1.165) is 18.3 Å². The minimum atomic E-state index is -4.73. The summed E-state index contributed by atoms with van der Waals surface area (Å²) in [5.74, 6) is -1.86. The van der Waals surface area contributed by atoms with Crippen LogP contribution in [0.25, 0.3) is 11.0 Å². The summed E-state index contributed by atoms with van der Waals surface area (Å²) < 4.78 is 53.5. The number of esters is 2. The minimum absolute atomic E-state index is 0.0247. The van der Waals surface area contributed by atoms with Crippen molar-refractivity contribution in [3.63, 3.8) is 0 Å². The molecule has 2 aromatic rings. The maximum absolute atomic E-state index is 13.1. The second kappa shape index (κ2) is 8.59. The highest BCUT2D eigenvalue weighted by Gasteiger charge is 2.33. The van der Waals surface area contributed by atoms with Crippen LogP contribution in [0.2, 0.25) is 0 Å². The number of carbonyl (C=O) groups excluding carboxylic acids is 2. The fourth-order valence-electron chi connectivity index (χ4n) is 2.26. The zero-order chi connectivity index (χ0) is 20.9. The number of hydrogen-bond acceptors (Lipinski definition) is 7. The molecule has 0 aliphatic rings. The number of fused-ring (bicyclic) bond motifs is 1. The lowest BCUT2D eigenvalue weighted by molar-refractivity contribution is -0.146. The van der Waals surface area contributed by atoms with Gasteiger partial charge in [0, 0.05) is 29.4 Å². The summed E-state index contributed by atoms with van der Waals surface area (Å²) in [5.41, 5.74) is -2.87. The average molecular weight is 399 g/mol. The van der Waals surface area contributed by atoms with Gasteiger partial charge in [0.2, 0.25) is 0 Å². The fraction of sp³-hybridized carbons (Fsp3) is 0.278. The molecule has 0 amide bonds. The standard InChI is InChI=1S/C18H16F3NO6/c1-3-26-16(24)12(17(25)27-4-2)9-22-10-5-6-11-13(18(19,20)21)8-15(23)28-14(11)7-10/h5-9,22H,3-4H2,1-2H3. The van der Waals surface area contributed by atoms with Crippen molar-refractivity contribution in [1.82, 2.24) is 0 Å². The number of rotatable bonds is 6. The molecule has 2 rings (SSSR count). The second-order valence-electron chi connectivity index (χ2n) is 5.33. The Morgan fingerprint density at radius 1 is 1.11 bits per heavy atom. The Labute approximate surface area is 156 Å². The average Bonchev–Trinajstić information content (AvgIpc) is 2.60. The summed E-state index contributed by atoms with van der Waals surface area (Å²) in [6.07, 6.45) is -3.73. The van der Waals surface area contributed by atoms with Crippen LogP contribution in [-0.4, -0.2) is 25.2 Å². The number of ether oxygens (including phenoxy) is 2. The SMILES string of the molecule is CCOC(=O)C(=CNc1ccc2c(C(F)(F)F)cc(=O)oc2c1)C(=O)OCC. The molecule has 7 nitrogen and oxygen atoms in total. The molecule has 0 atom stereocenters. The van der Waals surface area contributed by atoms with Crippen molar-refractivity contribution in [3.05, 3.63) is 52.0 Å². The zero-order valence-electron chi connectivity index (χ0n) is 14.9. The Morgan fingerprint density at radius 3 is 2.25 bits per heavy atom. The zero-order valence-corrected chi connectivity index (χ0v) is 14.9. The molecular weight excluding hydrogens is 383 g/mol. The molecule has 0 bridgehead atoms.